The Balaban J connectivity index is 1.35. The maximum absolute atomic E-state index is 12.5. The first-order valence-electron chi connectivity index (χ1n) is 8.98. The average Bonchev–Trinajstić information content (AvgIpc) is 3.14. The third kappa shape index (κ3) is 4.04. The predicted octanol–water partition coefficient (Wildman–Crippen LogP) is 3.19. The van der Waals surface area contributed by atoms with E-state index in [4.69, 9.17) is 11.6 Å². The number of halogens is 1. The number of aromatic nitrogens is 2. The number of carbonyl (C=O) groups is 1. The van der Waals surface area contributed by atoms with E-state index >= 15 is 0 Å². The summed E-state index contributed by atoms with van der Waals surface area (Å²) in [7, 11) is 0. The molecule has 3 aromatic rings. The lowest BCUT2D eigenvalue weighted by atomic mass is 9.95. The first kappa shape index (κ1) is 18.9. The highest BCUT2D eigenvalue weighted by Crippen LogP contribution is 2.28. The lowest BCUT2D eigenvalue weighted by Crippen LogP contribution is -2.38. The number of thiophene rings is 1. The van der Waals surface area contributed by atoms with Gasteiger partial charge in [-0.05, 0) is 55.6 Å². The number of likely N-dealkylation sites (tertiary alicyclic amines) is 1. The van der Waals surface area contributed by atoms with Gasteiger partial charge in [-0.25, -0.2) is 4.98 Å². The number of aromatic amines is 1. The number of carbonyl (C=O) groups excluding carboxylic acids is 1. The molecule has 0 aliphatic carbocycles. The number of rotatable bonds is 4. The summed E-state index contributed by atoms with van der Waals surface area (Å²) in [6.45, 7) is 2.00. The van der Waals surface area contributed by atoms with Crippen molar-refractivity contribution in [2.45, 2.75) is 19.4 Å². The fraction of sp³-hybridized carbons (Fsp3) is 0.316. The second-order valence-corrected chi connectivity index (χ2v) is 8.20. The smallest absolute Gasteiger partial charge is 0.268 e. The van der Waals surface area contributed by atoms with Gasteiger partial charge < -0.3 is 15.4 Å². The van der Waals surface area contributed by atoms with Crippen molar-refractivity contribution in [3.8, 4) is 5.75 Å². The summed E-state index contributed by atoms with van der Waals surface area (Å²) in [5.41, 5.74) is 0.940. The Morgan fingerprint density at radius 1 is 1.36 bits per heavy atom. The lowest BCUT2D eigenvalue weighted by Gasteiger charge is -2.30. The van der Waals surface area contributed by atoms with Crippen LogP contribution in [0.1, 0.15) is 18.7 Å². The minimum Gasteiger partial charge on any atom is -0.506 e. The molecule has 0 unspecified atom stereocenters. The number of amides is 1. The second kappa shape index (κ2) is 7.90. The van der Waals surface area contributed by atoms with Crippen molar-refractivity contribution in [2.24, 2.45) is 5.92 Å². The zero-order valence-corrected chi connectivity index (χ0v) is 16.5. The van der Waals surface area contributed by atoms with E-state index in [1.807, 2.05) is 11.4 Å². The van der Waals surface area contributed by atoms with Crippen LogP contribution in [0.5, 0.6) is 5.75 Å². The van der Waals surface area contributed by atoms with Crippen LogP contribution in [0.25, 0.3) is 10.2 Å². The van der Waals surface area contributed by atoms with E-state index in [1.54, 1.807) is 6.07 Å². The van der Waals surface area contributed by atoms with Gasteiger partial charge in [0.25, 0.3) is 5.56 Å². The number of H-pyrrole nitrogens is 1. The summed E-state index contributed by atoms with van der Waals surface area (Å²) in [6.07, 6.45) is 1.39. The molecule has 1 aliphatic heterocycles. The molecule has 28 heavy (non-hydrogen) atoms. The molecule has 7 nitrogen and oxygen atoms in total. The van der Waals surface area contributed by atoms with Crippen LogP contribution in [0.3, 0.4) is 0 Å². The number of nitrogens with one attached hydrogen (secondary N) is 2. The fourth-order valence-corrected chi connectivity index (χ4v) is 4.30. The summed E-state index contributed by atoms with van der Waals surface area (Å²) >= 11 is 7.31. The van der Waals surface area contributed by atoms with Crippen molar-refractivity contribution in [2.75, 3.05) is 18.4 Å². The molecule has 9 heteroatoms. The van der Waals surface area contributed by atoms with Gasteiger partial charge >= 0.3 is 0 Å². The highest BCUT2D eigenvalue weighted by Gasteiger charge is 2.26. The first-order chi connectivity index (χ1) is 13.5. The van der Waals surface area contributed by atoms with Gasteiger partial charge in [0.05, 0.1) is 17.7 Å². The standard InChI is InChI=1S/C19H19ClN4O3S/c20-12-1-2-15(25)14(9-12)22-18(26)11-3-6-24(7-4-11)10-16-21-13-5-8-28-17(13)19(27)23-16/h1-2,5,8-9,11,25H,3-4,6-7,10H2,(H,22,26)(H,21,23,27). The van der Waals surface area contributed by atoms with Crippen molar-refractivity contribution in [1.29, 1.82) is 0 Å². The minimum atomic E-state index is -0.138. The van der Waals surface area contributed by atoms with Gasteiger partial charge in [0.15, 0.2) is 0 Å². The Morgan fingerprint density at radius 2 is 2.14 bits per heavy atom. The van der Waals surface area contributed by atoms with Gasteiger partial charge in [0, 0.05) is 10.9 Å². The van der Waals surface area contributed by atoms with Crippen LogP contribution in [0, 0.1) is 5.92 Å². The molecule has 2 aromatic heterocycles. The van der Waals surface area contributed by atoms with Gasteiger partial charge in [-0.3, -0.25) is 14.5 Å². The van der Waals surface area contributed by atoms with E-state index in [-0.39, 0.29) is 23.1 Å². The lowest BCUT2D eigenvalue weighted by molar-refractivity contribution is -0.121. The van der Waals surface area contributed by atoms with E-state index in [2.05, 4.69) is 20.2 Å². The Bertz CT molecular complexity index is 1070. The number of hydrogen-bond donors (Lipinski definition) is 3. The molecule has 0 saturated carbocycles. The molecule has 1 fully saturated rings. The van der Waals surface area contributed by atoms with Gasteiger partial charge in [0.1, 0.15) is 16.3 Å². The number of piperidine rings is 1. The van der Waals surface area contributed by atoms with Crippen molar-refractivity contribution < 1.29 is 9.90 Å². The van der Waals surface area contributed by atoms with Crippen LogP contribution in [-0.2, 0) is 11.3 Å². The third-order valence-electron chi connectivity index (χ3n) is 4.91. The Hall–Kier alpha value is -2.42. The summed E-state index contributed by atoms with van der Waals surface area (Å²) in [6, 6.07) is 6.41. The summed E-state index contributed by atoms with van der Waals surface area (Å²) in [5, 5.41) is 14.9. The highest BCUT2D eigenvalue weighted by atomic mass is 35.5. The normalized spacial score (nSPS) is 15.8. The van der Waals surface area contributed by atoms with E-state index in [0.717, 1.165) is 18.6 Å². The Kier molecular flexibility index (Phi) is 5.34. The summed E-state index contributed by atoms with van der Waals surface area (Å²) < 4.78 is 0.642. The summed E-state index contributed by atoms with van der Waals surface area (Å²) in [4.78, 5) is 34.1. The van der Waals surface area contributed by atoms with Gasteiger partial charge in [-0.2, -0.15) is 0 Å². The predicted molar refractivity (Wildman–Crippen MR) is 110 cm³/mol. The monoisotopic (exact) mass is 418 g/mol. The SMILES string of the molecule is O=C(Nc1cc(Cl)ccc1O)C1CCN(Cc2nc3ccsc3c(=O)[nH]2)CC1. The van der Waals surface area contributed by atoms with Crippen molar-refractivity contribution in [3.05, 3.63) is 50.8 Å². The number of benzene rings is 1. The molecule has 3 N–H and O–H groups in total. The van der Waals surface area contributed by atoms with Crippen molar-refractivity contribution in [1.82, 2.24) is 14.9 Å². The maximum atomic E-state index is 12.5. The highest BCUT2D eigenvalue weighted by molar-refractivity contribution is 7.17. The maximum Gasteiger partial charge on any atom is 0.268 e. The molecule has 1 saturated heterocycles. The first-order valence-corrected chi connectivity index (χ1v) is 10.2. The summed E-state index contributed by atoms with van der Waals surface area (Å²) in [5.74, 6) is 0.376. The zero-order valence-electron chi connectivity index (χ0n) is 14.9. The largest absolute Gasteiger partial charge is 0.506 e. The number of phenols is 1. The van der Waals surface area contributed by atoms with Gasteiger partial charge in [-0.15, -0.1) is 11.3 Å². The van der Waals surface area contributed by atoms with E-state index in [0.29, 0.717) is 40.6 Å². The molecular formula is C19H19ClN4O3S. The molecule has 3 heterocycles. The average molecular weight is 419 g/mol. The van der Waals surface area contributed by atoms with Crippen LogP contribution in [-0.4, -0.2) is 39.0 Å². The number of phenolic OH excluding ortho intramolecular Hbond substituents is 1. The molecule has 0 spiro atoms. The molecule has 4 rings (SSSR count). The van der Waals surface area contributed by atoms with Crippen molar-refractivity contribution >= 4 is 44.7 Å². The third-order valence-corrected chi connectivity index (χ3v) is 6.05. The molecule has 1 amide bonds. The minimum absolute atomic E-state index is 0.00552. The Labute approximate surface area is 170 Å². The van der Waals surface area contributed by atoms with Crippen LogP contribution < -0.4 is 10.9 Å². The molecule has 0 atom stereocenters. The van der Waals surface area contributed by atoms with Crippen LogP contribution in [0.15, 0.2) is 34.4 Å². The van der Waals surface area contributed by atoms with Crippen LogP contribution >= 0.6 is 22.9 Å². The quantitative estimate of drug-likeness (QED) is 0.565. The molecule has 1 aromatic carbocycles. The van der Waals surface area contributed by atoms with Gasteiger partial charge in [-0.1, -0.05) is 11.6 Å². The molecular weight excluding hydrogens is 400 g/mol. The number of nitrogens with zero attached hydrogens (tertiary/aromatic N) is 2. The van der Waals surface area contributed by atoms with E-state index < -0.39 is 0 Å². The van der Waals surface area contributed by atoms with Crippen LogP contribution in [0.2, 0.25) is 5.02 Å². The number of hydrogen-bond acceptors (Lipinski definition) is 6. The number of fused-ring (bicyclic) bond motifs is 1. The number of anilines is 1. The molecule has 0 bridgehead atoms. The topological polar surface area (TPSA) is 98.3 Å². The van der Waals surface area contributed by atoms with E-state index in [9.17, 15) is 14.7 Å². The van der Waals surface area contributed by atoms with Crippen molar-refractivity contribution in [3.63, 3.8) is 0 Å². The molecule has 146 valence electrons. The fourth-order valence-electron chi connectivity index (χ4n) is 3.40. The molecule has 0 radical (unpaired) electrons. The second-order valence-electron chi connectivity index (χ2n) is 6.85. The van der Waals surface area contributed by atoms with Gasteiger partial charge in [0.2, 0.25) is 5.91 Å². The molecule has 1 aliphatic rings. The zero-order chi connectivity index (χ0) is 19.7. The Morgan fingerprint density at radius 3 is 2.93 bits per heavy atom. The number of aromatic hydroxyl groups is 1. The van der Waals surface area contributed by atoms with E-state index in [1.165, 1.54) is 23.5 Å². The van der Waals surface area contributed by atoms with Crippen LogP contribution in [0.4, 0.5) is 5.69 Å².